The van der Waals surface area contributed by atoms with Gasteiger partial charge in [0.15, 0.2) is 0 Å². The summed E-state index contributed by atoms with van der Waals surface area (Å²) >= 11 is 5.83. The SMILES string of the molecule is Cc1ccccc1-n1ncc(C(=O)NS(=O)(=O)c2cccc(Cl)c2)c1C. The summed E-state index contributed by atoms with van der Waals surface area (Å²) in [5.74, 6) is -0.748. The van der Waals surface area contributed by atoms with Gasteiger partial charge in [-0.3, -0.25) is 4.79 Å². The minimum absolute atomic E-state index is 0.0812. The molecule has 0 spiro atoms. The van der Waals surface area contributed by atoms with Gasteiger partial charge in [-0.2, -0.15) is 5.10 Å². The number of rotatable bonds is 4. The Balaban J connectivity index is 1.91. The Bertz CT molecular complexity index is 1090. The average molecular weight is 390 g/mol. The summed E-state index contributed by atoms with van der Waals surface area (Å²) in [5.41, 5.74) is 2.52. The molecule has 3 rings (SSSR count). The van der Waals surface area contributed by atoms with Crippen molar-refractivity contribution < 1.29 is 13.2 Å². The molecule has 1 heterocycles. The van der Waals surface area contributed by atoms with Crippen LogP contribution in [0.4, 0.5) is 0 Å². The molecule has 134 valence electrons. The highest BCUT2D eigenvalue weighted by Crippen LogP contribution is 2.19. The maximum atomic E-state index is 12.5. The molecule has 6 nitrogen and oxygen atoms in total. The number of aromatic nitrogens is 2. The third-order valence-electron chi connectivity index (χ3n) is 3.93. The average Bonchev–Trinajstić information content (AvgIpc) is 2.96. The van der Waals surface area contributed by atoms with Gasteiger partial charge >= 0.3 is 0 Å². The maximum Gasteiger partial charge on any atom is 0.268 e. The molecule has 0 radical (unpaired) electrons. The van der Waals surface area contributed by atoms with Gasteiger partial charge in [-0.05, 0) is 43.7 Å². The Kier molecular flexibility index (Phi) is 4.84. The molecule has 0 fully saturated rings. The first kappa shape index (κ1) is 18.2. The molecule has 26 heavy (non-hydrogen) atoms. The topological polar surface area (TPSA) is 81.1 Å². The van der Waals surface area contributed by atoms with Gasteiger partial charge in [-0.15, -0.1) is 0 Å². The first-order valence-corrected chi connectivity index (χ1v) is 9.59. The second-order valence-corrected chi connectivity index (χ2v) is 7.85. The van der Waals surface area contributed by atoms with Gasteiger partial charge in [0.2, 0.25) is 0 Å². The van der Waals surface area contributed by atoms with E-state index in [1.807, 2.05) is 31.2 Å². The number of para-hydroxylation sites is 1. The van der Waals surface area contributed by atoms with Crippen molar-refractivity contribution in [2.45, 2.75) is 18.7 Å². The van der Waals surface area contributed by atoms with Crippen molar-refractivity contribution in [3.63, 3.8) is 0 Å². The number of carbonyl (C=O) groups excluding carboxylic acids is 1. The Morgan fingerprint density at radius 3 is 2.54 bits per heavy atom. The number of hydrogen-bond donors (Lipinski definition) is 1. The fraction of sp³-hybridized carbons (Fsp3) is 0.111. The number of nitrogens with zero attached hydrogens (tertiary/aromatic N) is 2. The van der Waals surface area contributed by atoms with Gasteiger partial charge < -0.3 is 0 Å². The molecule has 0 atom stereocenters. The number of carbonyl (C=O) groups is 1. The van der Waals surface area contributed by atoms with Gasteiger partial charge in [-0.25, -0.2) is 17.8 Å². The van der Waals surface area contributed by atoms with E-state index in [0.29, 0.717) is 5.69 Å². The molecule has 8 heteroatoms. The first-order valence-electron chi connectivity index (χ1n) is 7.73. The standard InChI is InChI=1S/C18H16ClN3O3S/c1-12-6-3-4-9-17(12)22-13(2)16(11-20-22)18(23)21-26(24,25)15-8-5-7-14(19)10-15/h3-11H,1-2H3,(H,21,23). The van der Waals surface area contributed by atoms with Gasteiger partial charge in [0.1, 0.15) is 0 Å². The van der Waals surface area contributed by atoms with Crippen LogP contribution in [0, 0.1) is 13.8 Å². The number of nitrogens with one attached hydrogen (secondary N) is 1. The van der Waals surface area contributed by atoms with E-state index < -0.39 is 15.9 Å². The van der Waals surface area contributed by atoms with Crippen LogP contribution < -0.4 is 4.72 Å². The molecule has 0 saturated carbocycles. The Morgan fingerprint density at radius 1 is 1.12 bits per heavy atom. The molecule has 2 aromatic carbocycles. The molecule has 0 aliphatic rings. The molecule has 0 aliphatic carbocycles. The van der Waals surface area contributed by atoms with Crippen molar-refractivity contribution in [1.29, 1.82) is 0 Å². The van der Waals surface area contributed by atoms with Crippen molar-refractivity contribution in [3.05, 3.63) is 76.6 Å². The van der Waals surface area contributed by atoms with Crippen LogP contribution >= 0.6 is 11.6 Å². The summed E-state index contributed by atoms with van der Waals surface area (Å²) in [6, 6.07) is 13.3. The molecule has 3 aromatic rings. The predicted octanol–water partition coefficient (Wildman–Crippen LogP) is 3.26. The third-order valence-corrected chi connectivity index (χ3v) is 5.50. The molecule has 0 saturated heterocycles. The molecule has 1 aromatic heterocycles. The normalized spacial score (nSPS) is 11.3. The van der Waals surface area contributed by atoms with Crippen LogP contribution in [-0.2, 0) is 10.0 Å². The van der Waals surface area contributed by atoms with Crippen molar-refractivity contribution in [2.75, 3.05) is 0 Å². The van der Waals surface area contributed by atoms with Crippen molar-refractivity contribution in [2.24, 2.45) is 0 Å². The van der Waals surface area contributed by atoms with E-state index in [1.165, 1.54) is 24.4 Å². The van der Waals surface area contributed by atoms with Crippen molar-refractivity contribution >= 4 is 27.5 Å². The quantitative estimate of drug-likeness (QED) is 0.742. The van der Waals surface area contributed by atoms with Gasteiger partial charge in [0.25, 0.3) is 15.9 Å². The maximum absolute atomic E-state index is 12.5. The minimum Gasteiger partial charge on any atom is -0.268 e. The van der Waals surface area contributed by atoms with E-state index in [9.17, 15) is 13.2 Å². The lowest BCUT2D eigenvalue weighted by Gasteiger charge is -2.09. The molecule has 0 aliphatic heterocycles. The van der Waals surface area contributed by atoms with Crippen LogP contribution in [0.3, 0.4) is 0 Å². The summed E-state index contributed by atoms with van der Waals surface area (Å²) in [7, 11) is -4.03. The van der Waals surface area contributed by atoms with E-state index in [2.05, 4.69) is 9.82 Å². The molecule has 0 unspecified atom stereocenters. The highest BCUT2D eigenvalue weighted by atomic mass is 35.5. The van der Waals surface area contributed by atoms with Crippen LogP contribution in [0.15, 0.2) is 59.6 Å². The number of aryl methyl sites for hydroxylation is 1. The van der Waals surface area contributed by atoms with Crippen molar-refractivity contribution in [1.82, 2.24) is 14.5 Å². The molecule has 1 amide bonds. The summed E-state index contributed by atoms with van der Waals surface area (Å²) in [6.45, 7) is 3.64. The summed E-state index contributed by atoms with van der Waals surface area (Å²) < 4.78 is 28.5. The lowest BCUT2D eigenvalue weighted by atomic mass is 10.2. The monoisotopic (exact) mass is 389 g/mol. The van der Waals surface area contributed by atoms with Crippen LogP contribution in [0.5, 0.6) is 0 Å². The number of benzene rings is 2. The minimum atomic E-state index is -4.03. The highest BCUT2D eigenvalue weighted by Gasteiger charge is 2.22. The molecular formula is C18H16ClN3O3S. The fourth-order valence-corrected chi connectivity index (χ4v) is 3.81. The van der Waals surface area contributed by atoms with Crippen LogP contribution in [0.2, 0.25) is 5.02 Å². The number of amides is 1. The third kappa shape index (κ3) is 3.49. The van der Waals surface area contributed by atoms with Gasteiger partial charge in [-0.1, -0.05) is 35.9 Å². The van der Waals surface area contributed by atoms with E-state index in [1.54, 1.807) is 17.7 Å². The Morgan fingerprint density at radius 2 is 1.85 bits per heavy atom. The largest absolute Gasteiger partial charge is 0.268 e. The second kappa shape index (κ2) is 6.93. The zero-order valence-electron chi connectivity index (χ0n) is 14.1. The smallest absolute Gasteiger partial charge is 0.268 e. The Hall–Kier alpha value is -2.64. The number of hydrogen-bond acceptors (Lipinski definition) is 4. The second-order valence-electron chi connectivity index (χ2n) is 5.73. The molecular weight excluding hydrogens is 374 g/mol. The summed E-state index contributed by atoms with van der Waals surface area (Å²) in [6.07, 6.45) is 1.35. The predicted molar refractivity (Wildman–Crippen MR) is 99.1 cm³/mol. The van der Waals surface area contributed by atoms with Gasteiger partial charge in [0, 0.05) is 5.02 Å². The van der Waals surface area contributed by atoms with Crippen LogP contribution in [0.25, 0.3) is 5.69 Å². The lowest BCUT2D eigenvalue weighted by molar-refractivity contribution is 0.0981. The molecule has 1 N–H and O–H groups in total. The first-order chi connectivity index (χ1) is 12.3. The zero-order valence-corrected chi connectivity index (χ0v) is 15.7. The van der Waals surface area contributed by atoms with Crippen LogP contribution in [-0.4, -0.2) is 24.1 Å². The fourth-order valence-electron chi connectivity index (χ4n) is 2.55. The van der Waals surface area contributed by atoms with Crippen molar-refractivity contribution in [3.8, 4) is 5.69 Å². The van der Waals surface area contributed by atoms with E-state index >= 15 is 0 Å². The van der Waals surface area contributed by atoms with E-state index in [4.69, 9.17) is 11.6 Å². The summed E-state index contributed by atoms with van der Waals surface area (Å²) in [5, 5.41) is 4.49. The Labute approximate surface area is 156 Å². The van der Waals surface area contributed by atoms with Crippen LogP contribution in [0.1, 0.15) is 21.6 Å². The van der Waals surface area contributed by atoms with E-state index in [0.717, 1.165) is 11.3 Å². The highest BCUT2D eigenvalue weighted by molar-refractivity contribution is 7.90. The number of halogens is 1. The summed E-state index contributed by atoms with van der Waals surface area (Å²) in [4.78, 5) is 12.4. The molecule has 0 bridgehead atoms. The van der Waals surface area contributed by atoms with E-state index in [-0.39, 0.29) is 15.5 Å². The zero-order chi connectivity index (χ0) is 18.9. The lowest BCUT2D eigenvalue weighted by Crippen LogP contribution is -2.30. The van der Waals surface area contributed by atoms with Gasteiger partial charge in [0.05, 0.1) is 28.0 Å². The number of sulfonamides is 1.